The van der Waals surface area contributed by atoms with E-state index in [1.165, 1.54) is 18.3 Å². The summed E-state index contributed by atoms with van der Waals surface area (Å²) in [6, 6.07) is 11.1. The Kier molecular flexibility index (Phi) is 8.80. The minimum absolute atomic E-state index is 0.0940. The zero-order valence-corrected chi connectivity index (χ0v) is 17.3. The van der Waals surface area contributed by atoms with Crippen LogP contribution in [0.5, 0.6) is 11.5 Å². The van der Waals surface area contributed by atoms with Gasteiger partial charge in [-0.25, -0.2) is 9.82 Å². The van der Waals surface area contributed by atoms with Gasteiger partial charge in [-0.3, -0.25) is 9.59 Å². The van der Waals surface area contributed by atoms with Crippen LogP contribution in [0.3, 0.4) is 0 Å². The topological polar surface area (TPSA) is 89.0 Å². The highest BCUT2D eigenvalue weighted by Gasteiger charge is 2.14. The number of carbonyl (C=O) groups is 2. The van der Waals surface area contributed by atoms with E-state index in [2.05, 4.69) is 15.8 Å². The van der Waals surface area contributed by atoms with E-state index in [1.807, 2.05) is 20.8 Å². The highest BCUT2D eigenvalue weighted by atomic mass is 19.1. The second-order valence-electron chi connectivity index (χ2n) is 6.54. The second-order valence-corrected chi connectivity index (χ2v) is 6.54. The van der Waals surface area contributed by atoms with Gasteiger partial charge in [0.15, 0.2) is 11.5 Å². The van der Waals surface area contributed by atoms with Crippen molar-refractivity contribution in [2.45, 2.75) is 39.8 Å². The van der Waals surface area contributed by atoms with Crippen molar-refractivity contribution >= 4 is 18.0 Å². The summed E-state index contributed by atoms with van der Waals surface area (Å²) in [5.41, 5.74) is 3.66. The molecule has 0 unspecified atom stereocenters. The Morgan fingerprint density at radius 1 is 1.07 bits per heavy atom. The Balaban J connectivity index is 1.99. The highest BCUT2D eigenvalue weighted by molar-refractivity contribution is 6.35. The van der Waals surface area contributed by atoms with Gasteiger partial charge in [-0.15, -0.1) is 0 Å². The van der Waals surface area contributed by atoms with Gasteiger partial charge in [0.2, 0.25) is 0 Å². The first-order valence-electron chi connectivity index (χ1n) is 9.70. The molecule has 7 nitrogen and oxygen atoms in total. The lowest BCUT2D eigenvalue weighted by Crippen LogP contribution is -2.41. The molecule has 0 radical (unpaired) electrons. The van der Waals surface area contributed by atoms with E-state index in [9.17, 15) is 14.0 Å². The number of hydrazone groups is 1. The SMILES string of the molecule is CCOc1cc(/C=N\NC(=O)C(=O)N[C@@H](C)CC)ccc1OCc1ccc(F)cc1. The zero-order valence-electron chi connectivity index (χ0n) is 17.3. The Morgan fingerprint density at radius 2 is 1.80 bits per heavy atom. The quantitative estimate of drug-likeness (QED) is 0.374. The third-order valence-electron chi connectivity index (χ3n) is 4.15. The molecule has 2 amide bonds. The number of ether oxygens (including phenoxy) is 2. The zero-order chi connectivity index (χ0) is 21.9. The number of rotatable bonds is 9. The molecule has 0 heterocycles. The number of hydrogen-bond acceptors (Lipinski definition) is 5. The lowest BCUT2D eigenvalue weighted by molar-refractivity contribution is -0.139. The van der Waals surface area contributed by atoms with Crippen molar-refractivity contribution in [3.05, 3.63) is 59.4 Å². The molecule has 0 bridgehead atoms. The van der Waals surface area contributed by atoms with Gasteiger partial charge in [0.05, 0.1) is 12.8 Å². The molecule has 0 saturated carbocycles. The normalized spacial score (nSPS) is 11.7. The number of nitrogens with zero attached hydrogens (tertiary/aromatic N) is 1. The molecule has 30 heavy (non-hydrogen) atoms. The minimum Gasteiger partial charge on any atom is -0.490 e. The van der Waals surface area contributed by atoms with Crippen LogP contribution in [0.2, 0.25) is 0 Å². The summed E-state index contributed by atoms with van der Waals surface area (Å²) in [6.45, 7) is 6.25. The largest absolute Gasteiger partial charge is 0.490 e. The molecule has 1 atom stereocenters. The van der Waals surface area contributed by atoms with E-state index in [4.69, 9.17) is 9.47 Å². The van der Waals surface area contributed by atoms with Crippen molar-refractivity contribution in [2.75, 3.05) is 6.61 Å². The summed E-state index contributed by atoms with van der Waals surface area (Å²) in [6.07, 6.45) is 2.12. The number of benzene rings is 2. The molecule has 2 N–H and O–H groups in total. The lowest BCUT2D eigenvalue weighted by Gasteiger charge is -2.12. The molecular weight excluding hydrogens is 389 g/mol. The van der Waals surface area contributed by atoms with Crippen LogP contribution in [0.15, 0.2) is 47.6 Å². The standard InChI is InChI=1S/C22H26FN3O4/c1-4-15(3)25-21(27)22(28)26-24-13-17-8-11-19(20(12-17)29-5-2)30-14-16-6-9-18(23)10-7-16/h6-13,15H,4-5,14H2,1-3H3,(H,25,27)(H,26,28)/b24-13-/t15-/m0/s1. The average Bonchev–Trinajstić information content (AvgIpc) is 2.74. The van der Waals surface area contributed by atoms with Crippen LogP contribution in [0.4, 0.5) is 4.39 Å². The highest BCUT2D eigenvalue weighted by Crippen LogP contribution is 2.29. The summed E-state index contributed by atoms with van der Waals surface area (Å²) in [5, 5.41) is 6.37. The van der Waals surface area contributed by atoms with E-state index in [0.29, 0.717) is 23.7 Å². The predicted octanol–water partition coefficient (Wildman–Crippen LogP) is 3.17. The second kappa shape index (κ2) is 11.5. The van der Waals surface area contributed by atoms with Crippen molar-refractivity contribution in [2.24, 2.45) is 5.10 Å². The molecule has 0 aromatic heterocycles. The van der Waals surface area contributed by atoms with Gasteiger partial charge in [-0.2, -0.15) is 5.10 Å². The molecule has 0 aliphatic heterocycles. The molecule has 0 aliphatic carbocycles. The Hall–Kier alpha value is -3.42. The summed E-state index contributed by atoms with van der Waals surface area (Å²) < 4.78 is 24.4. The lowest BCUT2D eigenvalue weighted by atomic mass is 10.2. The van der Waals surface area contributed by atoms with Gasteiger partial charge in [0.25, 0.3) is 0 Å². The maximum Gasteiger partial charge on any atom is 0.329 e. The third-order valence-corrected chi connectivity index (χ3v) is 4.15. The summed E-state index contributed by atoms with van der Waals surface area (Å²) >= 11 is 0. The predicted molar refractivity (Wildman–Crippen MR) is 112 cm³/mol. The van der Waals surface area contributed by atoms with E-state index in [0.717, 1.165) is 12.0 Å². The van der Waals surface area contributed by atoms with Gasteiger partial charge in [0.1, 0.15) is 12.4 Å². The molecule has 0 aliphatic rings. The van der Waals surface area contributed by atoms with Crippen molar-refractivity contribution in [3.63, 3.8) is 0 Å². The molecule has 8 heteroatoms. The monoisotopic (exact) mass is 415 g/mol. The first kappa shape index (κ1) is 22.9. The Bertz CT molecular complexity index is 884. The molecular formula is C22H26FN3O4. The van der Waals surface area contributed by atoms with Crippen LogP contribution in [0, 0.1) is 5.82 Å². The summed E-state index contributed by atoms with van der Waals surface area (Å²) in [4.78, 5) is 23.4. The van der Waals surface area contributed by atoms with Crippen LogP contribution in [0.25, 0.3) is 0 Å². The maximum absolute atomic E-state index is 13.0. The fourth-order valence-electron chi connectivity index (χ4n) is 2.34. The Labute approximate surface area is 175 Å². The first-order chi connectivity index (χ1) is 14.4. The van der Waals surface area contributed by atoms with Crippen LogP contribution < -0.4 is 20.2 Å². The van der Waals surface area contributed by atoms with Gasteiger partial charge in [0, 0.05) is 6.04 Å². The molecule has 2 aromatic carbocycles. The van der Waals surface area contributed by atoms with Crippen LogP contribution in [-0.4, -0.2) is 30.7 Å². The van der Waals surface area contributed by atoms with Crippen LogP contribution in [-0.2, 0) is 16.2 Å². The number of nitrogens with one attached hydrogen (secondary N) is 2. The minimum atomic E-state index is -0.837. The number of halogens is 1. The summed E-state index contributed by atoms with van der Waals surface area (Å²) in [5.74, 6) is -0.849. The van der Waals surface area contributed by atoms with E-state index < -0.39 is 11.8 Å². The molecule has 0 saturated heterocycles. The third kappa shape index (κ3) is 7.20. The van der Waals surface area contributed by atoms with E-state index in [-0.39, 0.29) is 18.5 Å². The number of hydrogen-bond donors (Lipinski definition) is 2. The van der Waals surface area contributed by atoms with Gasteiger partial charge in [-0.1, -0.05) is 19.1 Å². The number of amides is 2. The van der Waals surface area contributed by atoms with Crippen molar-refractivity contribution in [3.8, 4) is 11.5 Å². The molecule has 160 valence electrons. The van der Waals surface area contributed by atoms with Gasteiger partial charge < -0.3 is 14.8 Å². The van der Waals surface area contributed by atoms with E-state index in [1.54, 1.807) is 30.3 Å². The maximum atomic E-state index is 13.0. The molecule has 0 fully saturated rings. The summed E-state index contributed by atoms with van der Waals surface area (Å²) in [7, 11) is 0. The van der Waals surface area contributed by atoms with Crippen molar-refractivity contribution in [1.82, 2.24) is 10.7 Å². The smallest absolute Gasteiger partial charge is 0.329 e. The fourth-order valence-corrected chi connectivity index (χ4v) is 2.34. The van der Waals surface area contributed by atoms with Crippen molar-refractivity contribution in [1.29, 1.82) is 0 Å². The van der Waals surface area contributed by atoms with Gasteiger partial charge in [-0.05, 0) is 61.7 Å². The first-order valence-corrected chi connectivity index (χ1v) is 9.70. The number of carbonyl (C=O) groups excluding carboxylic acids is 2. The molecule has 0 spiro atoms. The fraction of sp³-hybridized carbons (Fsp3) is 0.318. The van der Waals surface area contributed by atoms with Crippen molar-refractivity contribution < 1.29 is 23.5 Å². The molecule has 2 rings (SSSR count). The van der Waals surface area contributed by atoms with Gasteiger partial charge >= 0.3 is 11.8 Å². The Morgan fingerprint density at radius 3 is 2.47 bits per heavy atom. The average molecular weight is 415 g/mol. The van der Waals surface area contributed by atoms with E-state index >= 15 is 0 Å². The van der Waals surface area contributed by atoms with Crippen LogP contribution in [0.1, 0.15) is 38.3 Å². The van der Waals surface area contributed by atoms with Crippen LogP contribution >= 0.6 is 0 Å². The molecule has 2 aromatic rings.